The smallest absolute Gasteiger partial charge is 0.217 e. The Balaban J connectivity index is 1.95. The average Bonchev–Trinajstić information content (AvgIpc) is 2.58. The van der Waals surface area contributed by atoms with E-state index in [2.05, 4.69) is 14.9 Å². The standard InChI is InChI=1S/C11H19N5O/c1-7-14-10(13)11(15-7)16-4-2-8(3-5-16)6-9(12)17/h8H,2-6,13H2,1H3,(H2,12,17)(H,14,15). The molecule has 2 rings (SSSR count). The summed E-state index contributed by atoms with van der Waals surface area (Å²) in [4.78, 5) is 20.4. The van der Waals surface area contributed by atoms with Crippen LogP contribution in [0, 0.1) is 12.8 Å². The maximum Gasteiger partial charge on any atom is 0.217 e. The molecule has 94 valence electrons. The maximum atomic E-state index is 10.8. The lowest BCUT2D eigenvalue weighted by Gasteiger charge is -2.31. The van der Waals surface area contributed by atoms with Crippen LogP contribution >= 0.6 is 0 Å². The Hall–Kier alpha value is -1.72. The number of aryl methyl sites for hydroxylation is 1. The molecule has 6 nitrogen and oxygen atoms in total. The monoisotopic (exact) mass is 237 g/mol. The van der Waals surface area contributed by atoms with E-state index in [4.69, 9.17) is 11.5 Å². The molecule has 5 N–H and O–H groups in total. The van der Waals surface area contributed by atoms with E-state index < -0.39 is 0 Å². The number of aromatic amines is 1. The molecule has 1 amide bonds. The van der Waals surface area contributed by atoms with Crippen molar-refractivity contribution >= 4 is 17.5 Å². The summed E-state index contributed by atoms with van der Waals surface area (Å²) in [5.41, 5.74) is 11.1. The lowest BCUT2D eigenvalue weighted by atomic mass is 9.93. The number of rotatable bonds is 3. The molecule has 1 saturated heterocycles. The predicted octanol–water partition coefficient (Wildman–Crippen LogP) is 0.392. The molecular weight excluding hydrogens is 218 g/mol. The Kier molecular flexibility index (Phi) is 3.21. The van der Waals surface area contributed by atoms with Gasteiger partial charge in [-0.1, -0.05) is 0 Å². The van der Waals surface area contributed by atoms with Gasteiger partial charge in [0.05, 0.1) is 0 Å². The fraction of sp³-hybridized carbons (Fsp3) is 0.636. The van der Waals surface area contributed by atoms with Crippen LogP contribution < -0.4 is 16.4 Å². The third-order valence-electron chi connectivity index (χ3n) is 3.23. The number of piperidine rings is 1. The number of nitrogens with zero attached hydrogens (tertiary/aromatic N) is 2. The van der Waals surface area contributed by atoms with Gasteiger partial charge in [0.25, 0.3) is 0 Å². The molecule has 0 bridgehead atoms. The molecule has 1 aliphatic heterocycles. The maximum absolute atomic E-state index is 10.8. The molecular formula is C11H19N5O. The van der Waals surface area contributed by atoms with Crippen LogP contribution in [0.4, 0.5) is 11.6 Å². The van der Waals surface area contributed by atoms with Gasteiger partial charge in [0.1, 0.15) is 11.6 Å². The van der Waals surface area contributed by atoms with Crippen LogP contribution in [0.1, 0.15) is 25.1 Å². The van der Waals surface area contributed by atoms with E-state index in [0.717, 1.165) is 37.6 Å². The van der Waals surface area contributed by atoms with Gasteiger partial charge in [-0.05, 0) is 25.7 Å². The highest BCUT2D eigenvalue weighted by atomic mass is 16.1. The van der Waals surface area contributed by atoms with Crippen molar-refractivity contribution in [1.82, 2.24) is 9.97 Å². The molecule has 0 aromatic carbocycles. The van der Waals surface area contributed by atoms with Crippen molar-refractivity contribution in [3.8, 4) is 0 Å². The van der Waals surface area contributed by atoms with Crippen molar-refractivity contribution in [2.24, 2.45) is 11.7 Å². The van der Waals surface area contributed by atoms with E-state index in [-0.39, 0.29) is 5.91 Å². The summed E-state index contributed by atoms with van der Waals surface area (Å²) in [6, 6.07) is 0. The number of amides is 1. The molecule has 2 heterocycles. The van der Waals surface area contributed by atoms with Crippen molar-refractivity contribution in [3.63, 3.8) is 0 Å². The SMILES string of the molecule is Cc1nc(N2CCC(CC(N)=O)CC2)c(N)[nH]1. The van der Waals surface area contributed by atoms with Gasteiger partial charge in [0.2, 0.25) is 5.91 Å². The Labute approximate surface area is 100 Å². The number of nitrogens with two attached hydrogens (primary N) is 2. The molecule has 0 atom stereocenters. The second kappa shape index (κ2) is 4.65. The zero-order valence-electron chi connectivity index (χ0n) is 10.1. The van der Waals surface area contributed by atoms with Crippen LogP contribution in [-0.2, 0) is 4.79 Å². The van der Waals surface area contributed by atoms with Gasteiger partial charge in [0.15, 0.2) is 5.82 Å². The zero-order chi connectivity index (χ0) is 12.4. The highest BCUT2D eigenvalue weighted by molar-refractivity contribution is 5.74. The molecule has 1 fully saturated rings. The lowest BCUT2D eigenvalue weighted by molar-refractivity contribution is -0.119. The molecule has 0 radical (unpaired) electrons. The van der Waals surface area contributed by atoms with E-state index in [1.807, 2.05) is 6.92 Å². The van der Waals surface area contributed by atoms with Crippen molar-refractivity contribution in [1.29, 1.82) is 0 Å². The molecule has 1 aliphatic rings. The summed E-state index contributed by atoms with van der Waals surface area (Å²) in [7, 11) is 0. The quantitative estimate of drug-likeness (QED) is 0.708. The molecule has 1 aromatic rings. The summed E-state index contributed by atoms with van der Waals surface area (Å²) in [6.07, 6.45) is 2.42. The minimum Gasteiger partial charge on any atom is -0.382 e. The third-order valence-corrected chi connectivity index (χ3v) is 3.23. The van der Waals surface area contributed by atoms with Crippen LogP contribution in [0.25, 0.3) is 0 Å². The van der Waals surface area contributed by atoms with Crippen molar-refractivity contribution in [3.05, 3.63) is 5.82 Å². The van der Waals surface area contributed by atoms with Gasteiger partial charge in [-0.2, -0.15) is 0 Å². The minimum atomic E-state index is -0.210. The highest BCUT2D eigenvalue weighted by Crippen LogP contribution is 2.27. The van der Waals surface area contributed by atoms with Crippen molar-refractivity contribution in [2.45, 2.75) is 26.2 Å². The Morgan fingerprint density at radius 3 is 2.65 bits per heavy atom. The number of hydrogen-bond acceptors (Lipinski definition) is 4. The first-order valence-electron chi connectivity index (χ1n) is 5.91. The van der Waals surface area contributed by atoms with E-state index >= 15 is 0 Å². The number of H-pyrrole nitrogens is 1. The first kappa shape index (κ1) is 11.8. The first-order chi connectivity index (χ1) is 8.06. The van der Waals surface area contributed by atoms with E-state index in [9.17, 15) is 4.79 Å². The topological polar surface area (TPSA) is 101 Å². The van der Waals surface area contributed by atoms with E-state index in [1.165, 1.54) is 0 Å². The number of carbonyl (C=O) groups is 1. The van der Waals surface area contributed by atoms with Crippen LogP contribution in [0.2, 0.25) is 0 Å². The molecule has 6 heteroatoms. The first-order valence-corrected chi connectivity index (χ1v) is 5.91. The van der Waals surface area contributed by atoms with Gasteiger partial charge in [0, 0.05) is 19.5 Å². The predicted molar refractivity (Wildman–Crippen MR) is 66.5 cm³/mol. The zero-order valence-corrected chi connectivity index (χ0v) is 10.1. The van der Waals surface area contributed by atoms with Gasteiger partial charge >= 0.3 is 0 Å². The van der Waals surface area contributed by atoms with Crippen LogP contribution in [0.5, 0.6) is 0 Å². The van der Waals surface area contributed by atoms with Crippen LogP contribution in [0.15, 0.2) is 0 Å². The largest absolute Gasteiger partial charge is 0.382 e. The Bertz CT molecular complexity index is 406. The number of aromatic nitrogens is 2. The molecule has 1 aromatic heterocycles. The second-order valence-electron chi connectivity index (χ2n) is 4.66. The molecule has 0 aliphatic carbocycles. The summed E-state index contributed by atoms with van der Waals surface area (Å²) in [6.45, 7) is 3.65. The van der Waals surface area contributed by atoms with Gasteiger partial charge in [-0.25, -0.2) is 4.98 Å². The third kappa shape index (κ3) is 2.69. The number of anilines is 2. The highest BCUT2D eigenvalue weighted by Gasteiger charge is 2.23. The second-order valence-corrected chi connectivity index (χ2v) is 4.66. The van der Waals surface area contributed by atoms with Crippen LogP contribution in [-0.4, -0.2) is 29.0 Å². The van der Waals surface area contributed by atoms with Gasteiger partial charge in [-0.15, -0.1) is 0 Å². The number of carbonyl (C=O) groups excluding carboxylic acids is 1. The number of hydrogen-bond donors (Lipinski definition) is 3. The molecule has 0 unspecified atom stereocenters. The van der Waals surface area contributed by atoms with E-state index in [0.29, 0.717) is 18.2 Å². The fourth-order valence-electron chi connectivity index (χ4n) is 2.37. The van der Waals surface area contributed by atoms with Gasteiger partial charge in [-0.3, -0.25) is 4.79 Å². The number of primary amides is 1. The molecule has 0 saturated carbocycles. The number of imidazole rings is 1. The summed E-state index contributed by atoms with van der Waals surface area (Å²) < 4.78 is 0. The van der Waals surface area contributed by atoms with Crippen LogP contribution in [0.3, 0.4) is 0 Å². The summed E-state index contributed by atoms with van der Waals surface area (Å²) in [5, 5.41) is 0. The van der Waals surface area contributed by atoms with Crippen molar-refractivity contribution in [2.75, 3.05) is 23.7 Å². The summed E-state index contributed by atoms with van der Waals surface area (Å²) in [5.74, 6) is 2.48. The van der Waals surface area contributed by atoms with E-state index in [1.54, 1.807) is 0 Å². The lowest BCUT2D eigenvalue weighted by Crippen LogP contribution is -2.35. The normalized spacial score (nSPS) is 17.4. The van der Waals surface area contributed by atoms with Gasteiger partial charge < -0.3 is 21.4 Å². The number of nitrogen functional groups attached to an aromatic ring is 1. The number of nitrogens with one attached hydrogen (secondary N) is 1. The minimum absolute atomic E-state index is 0.210. The molecule has 17 heavy (non-hydrogen) atoms. The van der Waals surface area contributed by atoms with Crippen molar-refractivity contribution < 1.29 is 4.79 Å². The fourth-order valence-corrected chi connectivity index (χ4v) is 2.37. The Morgan fingerprint density at radius 1 is 1.53 bits per heavy atom. The Morgan fingerprint density at radius 2 is 2.18 bits per heavy atom. The molecule has 0 spiro atoms. The average molecular weight is 237 g/mol. The summed E-state index contributed by atoms with van der Waals surface area (Å²) >= 11 is 0.